The Morgan fingerprint density at radius 3 is 2.06 bits per heavy atom. The van der Waals surface area contributed by atoms with Gasteiger partial charge in [-0.15, -0.1) is 0 Å². The van der Waals surface area contributed by atoms with Crippen molar-refractivity contribution in [1.29, 1.82) is 5.26 Å². The number of aliphatic hydroxyl groups is 1. The molecular weight excluding hydrogens is 210 g/mol. The zero-order valence-corrected chi connectivity index (χ0v) is 11.5. The molecule has 0 heterocycles. The molecule has 1 N–H and O–H groups in total. The van der Waals surface area contributed by atoms with E-state index in [0.717, 1.165) is 12.8 Å². The molecule has 0 aliphatic carbocycles. The second-order valence-electron chi connectivity index (χ2n) is 5.01. The first-order valence-corrected chi connectivity index (χ1v) is 7.33. The van der Waals surface area contributed by atoms with Crippen LogP contribution in [0.4, 0.5) is 0 Å². The maximum absolute atomic E-state index is 9.14. The number of aliphatic hydroxyl groups excluding tert-OH is 1. The van der Waals surface area contributed by atoms with Gasteiger partial charge in [0.1, 0.15) is 0 Å². The van der Waals surface area contributed by atoms with E-state index in [4.69, 9.17) is 10.4 Å². The summed E-state index contributed by atoms with van der Waals surface area (Å²) in [5.41, 5.74) is 0. The Morgan fingerprint density at radius 1 is 0.941 bits per heavy atom. The average Bonchev–Trinajstić information content (AvgIpc) is 2.36. The molecule has 0 aliphatic rings. The summed E-state index contributed by atoms with van der Waals surface area (Å²) in [5, 5.41) is 17.6. The van der Waals surface area contributed by atoms with Crippen molar-refractivity contribution in [3.05, 3.63) is 0 Å². The first-order valence-electron chi connectivity index (χ1n) is 7.33. The SMILES string of the molecule is CCCCCCCCCC[C@H](CO)CCC#N. The van der Waals surface area contributed by atoms with Crippen LogP contribution in [0.15, 0.2) is 0 Å². The number of rotatable bonds is 12. The third kappa shape index (κ3) is 11.7. The van der Waals surface area contributed by atoms with E-state index in [1.807, 2.05) is 0 Å². The molecule has 0 aromatic heterocycles. The van der Waals surface area contributed by atoms with Crippen molar-refractivity contribution < 1.29 is 5.11 Å². The van der Waals surface area contributed by atoms with Crippen LogP contribution in [0, 0.1) is 17.2 Å². The van der Waals surface area contributed by atoms with E-state index < -0.39 is 0 Å². The molecule has 0 saturated heterocycles. The summed E-state index contributed by atoms with van der Waals surface area (Å²) in [4.78, 5) is 0. The van der Waals surface area contributed by atoms with Crippen molar-refractivity contribution in [2.75, 3.05) is 6.61 Å². The molecule has 0 saturated carbocycles. The summed E-state index contributed by atoms with van der Waals surface area (Å²) in [6.45, 7) is 2.49. The van der Waals surface area contributed by atoms with Gasteiger partial charge in [0.05, 0.1) is 6.07 Å². The molecule has 0 unspecified atom stereocenters. The first kappa shape index (κ1) is 16.4. The van der Waals surface area contributed by atoms with Gasteiger partial charge in [-0.3, -0.25) is 0 Å². The molecule has 0 spiro atoms. The summed E-state index contributed by atoms with van der Waals surface area (Å²) in [6.07, 6.45) is 13.2. The van der Waals surface area contributed by atoms with Gasteiger partial charge in [-0.1, -0.05) is 58.3 Å². The molecule has 0 aliphatic heterocycles. The van der Waals surface area contributed by atoms with Gasteiger partial charge < -0.3 is 5.11 Å². The second kappa shape index (κ2) is 13.5. The molecule has 0 fully saturated rings. The minimum Gasteiger partial charge on any atom is -0.396 e. The van der Waals surface area contributed by atoms with Crippen LogP contribution in [0.5, 0.6) is 0 Å². The van der Waals surface area contributed by atoms with E-state index in [2.05, 4.69) is 13.0 Å². The summed E-state index contributed by atoms with van der Waals surface area (Å²) >= 11 is 0. The lowest BCUT2D eigenvalue weighted by atomic mass is 9.96. The summed E-state index contributed by atoms with van der Waals surface area (Å²) in [7, 11) is 0. The number of nitriles is 1. The third-order valence-electron chi connectivity index (χ3n) is 3.39. The maximum Gasteiger partial charge on any atom is 0.0621 e. The van der Waals surface area contributed by atoms with Crippen molar-refractivity contribution in [2.45, 2.75) is 77.6 Å². The summed E-state index contributed by atoms with van der Waals surface area (Å²) in [6, 6.07) is 2.15. The third-order valence-corrected chi connectivity index (χ3v) is 3.39. The van der Waals surface area contributed by atoms with Gasteiger partial charge in [-0.25, -0.2) is 0 Å². The van der Waals surface area contributed by atoms with Crippen LogP contribution in [0.1, 0.15) is 77.6 Å². The van der Waals surface area contributed by atoms with Gasteiger partial charge in [-0.05, 0) is 18.8 Å². The van der Waals surface area contributed by atoms with Crippen LogP contribution in [0.2, 0.25) is 0 Å². The van der Waals surface area contributed by atoms with Crippen LogP contribution in [-0.4, -0.2) is 11.7 Å². The van der Waals surface area contributed by atoms with E-state index in [9.17, 15) is 0 Å². The van der Waals surface area contributed by atoms with Gasteiger partial charge in [-0.2, -0.15) is 5.26 Å². The quantitative estimate of drug-likeness (QED) is 0.512. The number of nitrogens with zero attached hydrogens (tertiary/aromatic N) is 1. The summed E-state index contributed by atoms with van der Waals surface area (Å²) < 4.78 is 0. The van der Waals surface area contributed by atoms with Gasteiger partial charge >= 0.3 is 0 Å². The molecule has 17 heavy (non-hydrogen) atoms. The Bertz CT molecular complexity index is 186. The Kier molecular flexibility index (Phi) is 13.1. The zero-order valence-electron chi connectivity index (χ0n) is 11.5. The fraction of sp³-hybridized carbons (Fsp3) is 0.933. The van der Waals surface area contributed by atoms with E-state index in [0.29, 0.717) is 12.3 Å². The highest BCUT2D eigenvalue weighted by Crippen LogP contribution is 2.16. The topological polar surface area (TPSA) is 44.0 Å². The monoisotopic (exact) mass is 239 g/mol. The van der Waals surface area contributed by atoms with Crippen LogP contribution in [0.3, 0.4) is 0 Å². The van der Waals surface area contributed by atoms with Crippen molar-refractivity contribution in [2.24, 2.45) is 5.92 Å². The van der Waals surface area contributed by atoms with Gasteiger partial charge in [0, 0.05) is 13.0 Å². The largest absolute Gasteiger partial charge is 0.396 e. The van der Waals surface area contributed by atoms with Crippen molar-refractivity contribution in [3.8, 4) is 6.07 Å². The molecule has 0 aromatic carbocycles. The summed E-state index contributed by atoms with van der Waals surface area (Å²) in [5.74, 6) is 0.356. The van der Waals surface area contributed by atoms with Crippen LogP contribution in [0.25, 0.3) is 0 Å². The average molecular weight is 239 g/mol. The Labute approximate surface area is 107 Å². The number of unbranched alkanes of at least 4 members (excludes halogenated alkanes) is 7. The highest BCUT2D eigenvalue weighted by atomic mass is 16.3. The van der Waals surface area contributed by atoms with Crippen molar-refractivity contribution in [1.82, 2.24) is 0 Å². The fourth-order valence-electron chi connectivity index (χ4n) is 2.16. The first-order chi connectivity index (χ1) is 8.35. The number of hydrogen-bond donors (Lipinski definition) is 1. The molecular formula is C15H29NO. The zero-order chi connectivity index (χ0) is 12.8. The molecule has 0 bridgehead atoms. The van der Waals surface area contributed by atoms with Crippen molar-refractivity contribution in [3.63, 3.8) is 0 Å². The highest BCUT2D eigenvalue weighted by Gasteiger charge is 2.06. The van der Waals surface area contributed by atoms with E-state index in [1.165, 1.54) is 51.4 Å². The second-order valence-corrected chi connectivity index (χ2v) is 5.01. The normalized spacial score (nSPS) is 12.3. The lowest BCUT2D eigenvalue weighted by Gasteiger charge is -2.11. The standard InChI is InChI=1S/C15H29NO/c1-2-3-4-5-6-7-8-9-11-15(14-17)12-10-13-16/h15,17H,2-12,14H2,1H3/t15-/m0/s1. The van der Waals surface area contributed by atoms with Gasteiger partial charge in [0.15, 0.2) is 0 Å². The molecule has 2 heteroatoms. The van der Waals surface area contributed by atoms with E-state index in [-0.39, 0.29) is 6.61 Å². The predicted molar refractivity (Wildman–Crippen MR) is 72.6 cm³/mol. The minimum atomic E-state index is 0.248. The predicted octanol–water partition coefficient (Wildman–Crippen LogP) is 4.43. The molecule has 0 aromatic rings. The Hall–Kier alpha value is -0.550. The Balaban J connectivity index is 3.22. The smallest absolute Gasteiger partial charge is 0.0621 e. The highest BCUT2D eigenvalue weighted by molar-refractivity contribution is 4.71. The molecule has 0 rings (SSSR count). The fourth-order valence-corrected chi connectivity index (χ4v) is 2.16. The molecule has 0 radical (unpaired) electrons. The van der Waals surface area contributed by atoms with Gasteiger partial charge in [0.2, 0.25) is 0 Å². The maximum atomic E-state index is 9.14. The van der Waals surface area contributed by atoms with E-state index >= 15 is 0 Å². The van der Waals surface area contributed by atoms with Gasteiger partial charge in [0.25, 0.3) is 0 Å². The lowest BCUT2D eigenvalue weighted by Crippen LogP contribution is -2.05. The number of hydrogen-bond acceptors (Lipinski definition) is 2. The minimum absolute atomic E-state index is 0.248. The van der Waals surface area contributed by atoms with Crippen LogP contribution < -0.4 is 0 Å². The van der Waals surface area contributed by atoms with Crippen LogP contribution in [-0.2, 0) is 0 Å². The lowest BCUT2D eigenvalue weighted by molar-refractivity contribution is 0.208. The van der Waals surface area contributed by atoms with Crippen LogP contribution >= 0.6 is 0 Å². The molecule has 2 nitrogen and oxygen atoms in total. The van der Waals surface area contributed by atoms with Crippen molar-refractivity contribution >= 4 is 0 Å². The van der Waals surface area contributed by atoms with E-state index in [1.54, 1.807) is 0 Å². The molecule has 1 atom stereocenters. The molecule has 0 amide bonds. The Morgan fingerprint density at radius 2 is 1.53 bits per heavy atom. The molecule has 100 valence electrons.